The molecule has 138 valence electrons. The second-order valence-electron chi connectivity index (χ2n) is 6.35. The van der Waals surface area contributed by atoms with Crippen molar-refractivity contribution in [1.82, 2.24) is 24.7 Å². The third kappa shape index (κ3) is 2.81. The van der Waals surface area contributed by atoms with Gasteiger partial charge in [-0.3, -0.25) is 0 Å². The van der Waals surface area contributed by atoms with Gasteiger partial charge in [0.15, 0.2) is 11.6 Å². The SMILES string of the molecule is Nc1nc2ccc(F)cc2cc1OCc1cc2[nH]cnc2cc1-n1cccn1. The highest BCUT2D eigenvalue weighted by Crippen LogP contribution is 2.28. The summed E-state index contributed by atoms with van der Waals surface area (Å²) in [6.45, 7) is 0.233. The molecule has 8 heteroatoms. The lowest BCUT2D eigenvalue weighted by Crippen LogP contribution is -2.06. The normalized spacial score (nSPS) is 11.3. The zero-order valence-electron chi connectivity index (χ0n) is 14.6. The maximum Gasteiger partial charge on any atom is 0.166 e. The minimum atomic E-state index is -0.337. The van der Waals surface area contributed by atoms with E-state index in [0.717, 1.165) is 22.3 Å². The van der Waals surface area contributed by atoms with Crippen LogP contribution in [-0.2, 0) is 6.61 Å². The first kappa shape index (κ1) is 16.2. The monoisotopic (exact) mass is 374 g/mol. The number of halogens is 1. The molecule has 0 saturated carbocycles. The number of fused-ring (bicyclic) bond motifs is 2. The Morgan fingerprint density at radius 1 is 1.14 bits per heavy atom. The summed E-state index contributed by atoms with van der Waals surface area (Å²) in [4.78, 5) is 11.7. The summed E-state index contributed by atoms with van der Waals surface area (Å²) < 4.78 is 21.2. The average Bonchev–Trinajstić information content (AvgIpc) is 3.37. The maximum atomic E-state index is 13.5. The van der Waals surface area contributed by atoms with E-state index in [2.05, 4.69) is 20.1 Å². The number of benzene rings is 2. The van der Waals surface area contributed by atoms with Crippen LogP contribution in [0.15, 0.2) is 61.2 Å². The maximum absolute atomic E-state index is 13.5. The van der Waals surface area contributed by atoms with Crippen LogP contribution >= 0.6 is 0 Å². The number of hydrogen-bond donors (Lipinski definition) is 2. The van der Waals surface area contributed by atoms with Crippen LogP contribution in [0.4, 0.5) is 10.2 Å². The molecule has 0 aliphatic rings. The molecule has 3 aromatic heterocycles. The third-order valence-corrected chi connectivity index (χ3v) is 4.52. The number of nitrogens with two attached hydrogens (primary N) is 1. The molecule has 0 aliphatic heterocycles. The second kappa shape index (κ2) is 6.34. The summed E-state index contributed by atoms with van der Waals surface area (Å²) in [5, 5.41) is 4.93. The molecule has 0 amide bonds. The Morgan fingerprint density at radius 2 is 2.07 bits per heavy atom. The minimum Gasteiger partial charge on any atom is -0.485 e. The molecule has 0 aliphatic carbocycles. The quantitative estimate of drug-likeness (QED) is 0.501. The van der Waals surface area contributed by atoms with Crippen molar-refractivity contribution < 1.29 is 9.13 Å². The Morgan fingerprint density at radius 3 is 2.93 bits per heavy atom. The van der Waals surface area contributed by atoms with Crippen molar-refractivity contribution in [2.45, 2.75) is 6.61 Å². The van der Waals surface area contributed by atoms with E-state index < -0.39 is 0 Å². The smallest absolute Gasteiger partial charge is 0.166 e. The first-order valence-electron chi connectivity index (χ1n) is 8.62. The first-order chi connectivity index (χ1) is 13.7. The van der Waals surface area contributed by atoms with E-state index in [1.54, 1.807) is 29.3 Å². The Bertz CT molecular complexity index is 1300. The van der Waals surface area contributed by atoms with Crippen LogP contribution in [0.5, 0.6) is 5.75 Å². The van der Waals surface area contributed by atoms with Crippen molar-refractivity contribution in [3.8, 4) is 11.4 Å². The summed E-state index contributed by atoms with van der Waals surface area (Å²) in [6, 6.07) is 11.8. The lowest BCUT2D eigenvalue weighted by atomic mass is 10.1. The minimum absolute atomic E-state index is 0.233. The number of rotatable bonds is 4. The standard InChI is InChI=1S/C20H15FN6O/c21-14-2-3-15-12(6-14)8-19(20(22)26-15)28-10-13-7-16-17(24-11-23-16)9-18(13)27-5-1-4-25-27/h1-9,11H,10H2,(H2,22,26)(H,23,24). The highest BCUT2D eigenvalue weighted by Gasteiger charge is 2.12. The lowest BCUT2D eigenvalue weighted by molar-refractivity contribution is 0.307. The van der Waals surface area contributed by atoms with Crippen molar-refractivity contribution >= 4 is 27.8 Å². The Balaban J connectivity index is 1.53. The van der Waals surface area contributed by atoms with Crippen LogP contribution in [0.3, 0.4) is 0 Å². The van der Waals surface area contributed by atoms with E-state index in [-0.39, 0.29) is 18.2 Å². The molecule has 5 aromatic rings. The summed E-state index contributed by atoms with van der Waals surface area (Å²) in [7, 11) is 0. The van der Waals surface area contributed by atoms with Crippen molar-refractivity contribution in [3.63, 3.8) is 0 Å². The number of nitrogen functional groups attached to an aromatic ring is 1. The van der Waals surface area contributed by atoms with Gasteiger partial charge in [0.05, 0.1) is 28.6 Å². The van der Waals surface area contributed by atoms with Crippen LogP contribution in [-0.4, -0.2) is 24.7 Å². The van der Waals surface area contributed by atoms with Gasteiger partial charge in [-0.15, -0.1) is 0 Å². The van der Waals surface area contributed by atoms with Crippen LogP contribution < -0.4 is 10.5 Å². The summed E-state index contributed by atoms with van der Waals surface area (Å²) in [6.07, 6.45) is 5.20. The van der Waals surface area contributed by atoms with E-state index in [9.17, 15) is 4.39 Å². The topological polar surface area (TPSA) is 94.6 Å². The molecule has 5 rings (SSSR count). The molecule has 3 N–H and O–H groups in total. The molecule has 0 atom stereocenters. The first-order valence-corrected chi connectivity index (χ1v) is 8.62. The summed E-state index contributed by atoms with van der Waals surface area (Å²) in [5.41, 5.74) is 10.1. The Kier molecular flexibility index (Phi) is 3.68. The predicted octanol–water partition coefficient (Wildman–Crippen LogP) is 3.60. The van der Waals surface area contributed by atoms with Gasteiger partial charge in [0.1, 0.15) is 12.4 Å². The molecule has 0 radical (unpaired) electrons. The highest BCUT2D eigenvalue weighted by molar-refractivity contribution is 5.82. The van der Waals surface area contributed by atoms with Crippen LogP contribution in [0.2, 0.25) is 0 Å². The average molecular weight is 374 g/mol. The molecule has 7 nitrogen and oxygen atoms in total. The predicted molar refractivity (Wildman–Crippen MR) is 104 cm³/mol. The van der Waals surface area contributed by atoms with Gasteiger partial charge < -0.3 is 15.5 Å². The zero-order valence-corrected chi connectivity index (χ0v) is 14.6. The fraction of sp³-hybridized carbons (Fsp3) is 0.0500. The number of aromatic amines is 1. The Labute approximate surface area is 158 Å². The van der Waals surface area contributed by atoms with Crippen LogP contribution in [0.1, 0.15) is 5.56 Å². The van der Waals surface area contributed by atoms with Gasteiger partial charge in [-0.05, 0) is 42.5 Å². The lowest BCUT2D eigenvalue weighted by Gasteiger charge is -2.13. The van der Waals surface area contributed by atoms with Crippen molar-refractivity contribution in [3.05, 3.63) is 72.6 Å². The van der Waals surface area contributed by atoms with Gasteiger partial charge in [0.25, 0.3) is 0 Å². The van der Waals surface area contributed by atoms with Gasteiger partial charge in [0, 0.05) is 23.3 Å². The van der Waals surface area contributed by atoms with Gasteiger partial charge in [-0.1, -0.05) is 0 Å². The molecule has 28 heavy (non-hydrogen) atoms. The molecular formula is C20H15FN6O. The highest BCUT2D eigenvalue weighted by atomic mass is 19.1. The molecule has 0 unspecified atom stereocenters. The number of hydrogen-bond acceptors (Lipinski definition) is 5. The van der Waals surface area contributed by atoms with Crippen molar-refractivity contribution in [2.75, 3.05) is 5.73 Å². The van der Waals surface area contributed by atoms with Crippen LogP contribution in [0, 0.1) is 5.82 Å². The molecular weight excluding hydrogens is 359 g/mol. The fourth-order valence-corrected chi connectivity index (χ4v) is 3.17. The number of H-pyrrole nitrogens is 1. The van der Waals surface area contributed by atoms with E-state index in [4.69, 9.17) is 10.5 Å². The molecule has 2 aromatic carbocycles. The zero-order chi connectivity index (χ0) is 19.1. The van der Waals surface area contributed by atoms with E-state index in [1.165, 1.54) is 12.1 Å². The van der Waals surface area contributed by atoms with Gasteiger partial charge in [-0.25, -0.2) is 19.0 Å². The fourth-order valence-electron chi connectivity index (χ4n) is 3.17. The number of aromatic nitrogens is 5. The largest absolute Gasteiger partial charge is 0.485 e. The molecule has 0 bridgehead atoms. The van der Waals surface area contributed by atoms with Gasteiger partial charge in [-0.2, -0.15) is 5.10 Å². The van der Waals surface area contributed by atoms with E-state index in [0.29, 0.717) is 16.7 Å². The molecule has 0 spiro atoms. The number of anilines is 1. The number of ether oxygens (including phenoxy) is 1. The van der Waals surface area contributed by atoms with Crippen molar-refractivity contribution in [2.24, 2.45) is 0 Å². The molecule has 3 heterocycles. The van der Waals surface area contributed by atoms with Gasteiger partial charge in [0.2, 0.25) is 0 Å². The molecule has 0 saturated heterocycles. The number of nitrogens with zero attached hydrogens (tertiary/aromatic N) is 4. The summed E-state index contributed by atoms with van der Waals surface area (Å²) >= 11 is 0. The number of nitrogens with one attached hydrogen (secondary N) is 1. The van der Waals surface area contributed by atoms with Crippen LogP contribution in [0.25, 0.3) is 27.6 Å². The number of pyridine rings is 1. The van der Waals surface area contributed by atoms with E-state index >= 15 is 0 Å². The number of imidazole rings is 1. The van der Waals surface area contributed by atoms with Crippen molar-refractivity contribution in [1.29, 1.82) is 0 Å². The summed E-state index contributed by atoms with van der Waals surface area (Å²) in [5.74, 6) is 0.312. The second-order valence-corrected chi connectivity index (χ2v) is 6.35. The molecule has 0 fully saturated rings. The Hall–Kier alpha value is -3.94. The van der Waals surface area contributed by atoms with E-state index in [1.807, 2.05) is 24.4 Å². The third-order valence-electron chi connectivity index (χ3n) is 4.52. The van der Waals surface area contributed by atoms with Gasteiger partial charge >= 0.3 is 0 Å².